The summed E-state index contributed by atoms with van der Waals surface area (Å²) in [5, 5.41) is 0. The van der Waals surface area contributed by atoms with E-state index in [2.05, 4.69) is 12.5 Å². The van der Waals surface area contributed by atoms with Gasteiger partial charge < -0.3 is 9.64 Å². The van der Waals surface area contributed by atoms with Crippen LogP contribution < -0.4 is 4.90 Å². The molecule has 0 saturated heterocycles. The van der Waals surface area contributed by atoms with E-state index in [0.717, 1.165) is 5.69 Å². The monoisotopic (exact) mass is 243 g/mol. The van der Waals surface area contributed by atoms with Gasteiger partial charge in [-0.1, -0.05) is 12.5 Å². The summed E-state index contributed by atoms with van der Waals surface area (Å²) in [6.45, 7) is 5.18. The van der Waals surface area contributed by atoms with Crippen molar-refractivity contribution in [2.75, 3.05) is 19.0 Å². The van der Waals surface area contributed by atoms with Gasteiger partial charge in [0.1, 0.15) is 0 Å². The van der Waals surface area contributed by atoms with E-state index in [1.807, 2.05) is 31.1 Å². The highest BCUT2D eigenvalue weighted by Crippen LogP contribution is 2.17. The summed E-state index contributed by atoms with van der Waals surface area (Å²) >= 11 is 0. The Balaban J connectivity index is 2.86. The minimum absolute atomic E-state index is 0.458. The molecule has 0 fully saturated rings. The van der Waals surface area contributed by atoms with E-state index < -0.39 is 11.6 Å². The first kappa shape index (κ1) is 13.9. The van der Waals surface area contributed by atoms with Crippen LogP contribution >= 0.6 is 0 Å². The second-order valence-electron chi connectivity index (χ2n) is 4.29. The molecule has 1 aromatic rings. The minimum Gasteiger partial charge on any atom is -0.439 e. The van der Waals surface area contributed by atoms with Gasteiger partial charge >= 0.3 is 5.97 Å². The Labute approximate surface area is 108 Å². The molecule has 1 aromatic carbocycles. The van der Waals surface area contributed by atoms with Crippen LogP contribution in [0.1, 0.15) is 17.3 Å². The molecule has 0 aromatic heterocycles. The number of esters is 1. The van der Waals surface area contributed by atoms with E-state index >= 15 is 0 Å². The normalized spacial score (nSPS) is 13.0. The van der Waals surface area contributed by atoms with Gasteiger partial charge in [0.15, 0.2) is 5.60 Å². The molecule has 0 spiro atoms. The molecule has 0 aliphatic heterocycles. The summed E-state index contributed by atoms with van der Waals surface area (Å²) < 4.78 is 5.22. The van der Waals surface area contributed by atoms with E-state index in [9.17, 15) is 4.79 Å². The number of anilines is 1. The van der Waals surface area contributed by atoms with Crippen LogP contribution in [0.15, 0.2) is 36.9 Å². The lowest BCUT2D eigenvalue weighted by molar-refractivity contribution is 0.0284. The first-order valence-corrected chi connectivity index (χ1v) is 5.54. The third-order valence-electron chi connectivity index (χ3n) is 2.60. The minimum atomic E-state index is -1.07. The van der Waals surface area contributed by atoms with Gasteiger partial charge in [-0.15, -0.1) is 6.42 Å². The van der Waals surface area contributed by atoms with Gasteiger partial charge in [0.05, 0.1) is 5.56 Å². The first-order valence-electron chi connectivity index (χ1n) is 5.54. The summed E-state index contributed by atoms with van der Waals surface area (Å²) in [7, 11) is 3.86. The molecule has 18 heavy (non-hydrogen) atoms. The summed E-state index contributed by atoms with van der Waals surface area (Å²) in [4.78, 5) is 13.8. The maximum atomic E-state index is 11.9. The molecule has 1 unspecified atom stereocenters. The summed E-state index contributed by atoms with van der Waals surface area (Å²) in [5.41, 5.74) is 0.399. The average molecular weight is 243 g/mol. The number of nitrogens with zero attached hydrogens (tertiary/aromatic N) is 1. The van der Waals surface area contributed by atoms with Crippen LogP contribution in [-0.2, 0) is 4.74 Å². The summed E-state index contributed by atoms with van der Waals surface area (Å²) in [5.74, 6) is 1.93. The number of hydrogen-bond acceptors (Lipinski definition) is 3. The maximum Gasteiger partial charge on any atom is 0.339 e. The van der Waals surface area contributed by atoms with Gasteiger partial charge in [-0.05, 0) is 37.3 Å². The van der Waals surface area contributed by atoms with Crippen LogP contribution in [0.5, 0.6) is 0 Å². The molecule has 0 N–H and O–H groups in total. The number of benzene rings is 1. The Morgan fingerprint density at radius 3 is 2.39 bits per heavy atom. The summed E-state index contributed by atoms with van der Waals surface area (Å²) in [6, 6.07) is 7.10. The number of rotatable bonds is 4. The zero-order valence-corrected chi connectivity index (χ0v) is 10.9. The topological polar surface area (TPSA) is 29.5 Å². The van der Waals surface area contributed by atoms with E-state index in [-0.39, 0.29) is 0 Å². The van der Waals surface area contributed by atoms with E-state index in [1.165, 1.54) is 6.08 Å². The van der Waals surface area contributed by atoms with Crippen molar-refractivity contribution in [3.05, 3.63) is 42.5 Å². The van der Waals surface area contributed by atoms with Crippen molar-refractivity contribution in [3.8, 4) is 12.3 Å². The lowest BCUT2D eigenvalue weighted by Gasteiger charge is -2.20. The van der Waals surface area contributed by atoms with Gasteiger partial charge in [0.25, 0.3) is 0 Å². The highest BCUT2D eigenvalue weighted by Gasteiger charge is 2.22. The Kier molecular flexibility index (Phi) is 4.17. The molecular formula is C15H17NO2. The zero-order chi connectivity index (χ0) is 13.8. The van der Waals surface area contributed by atoms with Gasteiger partial charge in [0.2, 0.25) is 0 Å². The molecule has 0 heterocycles. The van der Waals surface area contributed by atoms with Gasteiger partial charge in [-0.3, -0.25) is 0 Å². The molecule has 0 bridgehead atoms. The highest BCUT2D eigenvalue weighted by molar-refractivity contribution is 5.90. The Hall–Kier alpha value is -2.21. The average Bonchev–Trinajstić information content (AvgIpc) is 2.38. The van der Waals surface area contributed by atoms with E-state index in [1.54, 1.807) is 19.1 Å². The lowest BCUT2D eigenvalue weighted by Crippen LogP contribution is -2.27. The van der Waals surface area contributed by atoms with Crippen LogP contribution in [0.25, 0.3) is 0 Å². The number of carbonyl (C=O) groups excluding carboxylic acids is 1. The molecule has 0 radical (unpaired) electrons. The third-order valence-corrected chi connectivity index (χ3v) is 2.60. The number of ether oxygens (including phenoxy) is 1. The molecule has 0 amide bonds. The van der Waals surface area contributed by atoms with Crippen LogP contribution in [-0.4, -0.2) is 25.7 Å². The quantitative estimate of drug-likeness (QED) is 0.462. The van der Waals surface area contributed by atoms with Gasteiger partial charge in [0, 0.05) is 19.8 Å². The van der Waals surface area contributed by atoms with E-state index in [4.69, 9.17) is 11.2 Å². The number of hydrogen-bond donors (Lipinski definition) is 0. The van der Waals surface area contributed by atoms with Crippen molar-refractivity contribution in [1.82, 2.24) is 0 Å². The molecule has 94 valence electrons. The molecular weight excluding hydrogens is 226 g/mol. The molecule has 0 aliphatic rings. The van der Waals surface area contributed by atoms with Crippen molar-refractivity contribution in [2.45, 2.75) is 12.5 Å². The molecule has 3 heteroatoms. The smallest absolute Gasteiger partial charge is 0.339 e. The Bertz CT molecular complexity index is 482. The van der Waals surface area contributed by atoms with Crippen molar-refractivity contribution in [2.24, 2.45) is 0 Å². The van der Waals surface area contributed by atoms with Gasteiger partial charge in [-0.25, -0.2) is 4.79 Å². The molecule has 0 saturated carbocycles. The predicted octanol–water partition coefficient (Wildman–Crippen LogP) is 2.49. The fourth-order valence-corrected chi connectivity index (χ4v) is 1.28. The molecule has 3 nitrogen and oxygen atoms in total. The fraction of sp³-hybridized carbons (Fsp3) is 0.267. The number of carbonyl (C=O) groups is 1. The van der Waals surface area contributed by atoms with Gasteiger partial charge in [-0.2, -0.15) is 0 Å². The predicted molar refractivity (Wildman–Crippen MR) is 73.6 cm³/mol. The van der Waals surface area contributed by atoms with Crippen LogP contribution in [0, 0.1) is 12.3 Å². The van der Waals surface area contributed by atoms with E-state index in [0.29, 0.717) is 5.56 Å². The fourth-order valence-electron chi connectivity index (χ4n) is 1.28. The third kappa shape index (κ3) is 3.14. The Morgan fingerprint density at radius 2 is 2.00 bits per heavy atom. The van der Waals surface area contributed by atoms with Crippen molar-refractivity contribution < 1.29 is 9.53 Å². The van der Waals surface area contributed by atoms with Crippen LogP contribution in [0.4, 0.5) is 5.69 Å². The second kappa shape index (κ2) is 5.42. The molecule has 1 rings (SSSR count). The highest BCUT2D eigenvalue weighted by atomic mass is 16.6. The molecule has 0 aliphatic carbocycles. The maximum absolute atomic E-state index is 11.9. The van der Waals surface area contributed by atoms with Crippen molar-refractivity contribution in [1.29, 1.82) is 0 Å². The Morgan fingerprint density at radius 1 is 1.44 bits per heavy atom. The SMILES string of the molecule is C#CC(C)(C=C)OC(=O)c1ccc(N(C)C)cc1. The van der Waals surface area contributed by atoms with Crippen LogP contribution in [0.2, 0.25) is 0 Å². The second-order valence-corrected chi connectivity index (χ2v) is 4.29. The lowest BCUT2D eigenvalue weighted by atomic mass is 10.1. The van der Waals surface area contributed by atoms with Crippen molar-refractivity contribution in [3.63, 3.8) is 0 Å². The van der Waals surface area contributed by atoms with Crippen molar-refractivity contribution >= 4 is 11.7 Å². The molecule has 1 atom stereocenters. The summed E-state index contributed by atoms with van der Waals surface area (Å²) in [6.07, 6.45) is 6.73. The number of terminal acetylenes is 1. The standard InChI is InChI=1S/C15H17NO2/c1-6-15(3,7-2)18-14(17)12-8-10-13(11-9-12)16(4)5/h1,7-11H,2H2,3-5H3. The van der Waals surface area contributed by atoms with Crippen LogP contribution in [0.3, 0.4) is 0 Å². The zero-order valence-electron chi connectivity index (χ0n) is 10.9. The first-order chi connectivity index (χ1) is 8.41. The largest absolute Gasteiger partial charge is 0.439 e.